The van der Waals surface area contributed by atoms with Crippen molar-refractivity contribution in [3.8, 4) is 17.2 Å². The van der Waals surface area contributed by atoms with Crippen molar-refractivity contribution in [1.82, 2.24) is 14.9 Å². The molecule has 4 aromatic rings. The number of aromatic nitrogens is 2. The largest absolute Gasteiger partial charge is 0.496 e. The monoisotopic (exact) mass is 515 g/mol. The zero-order valence-electron chi connectivity index (χ0n) is 18.6. The number of benzene rings is 3. The van der Waals surface area contributed by atoms with Crippen LogP contribution in [-0.4, -0.2) is 35.9 Å². The molecule has 11 heteroatoms. The van der Waals surface area contributed by atoms with Gasteiger partial charge in [-0.25, -0.2) is 8.42 Å². The second-order valence-electron chi connectivity index (χ2n) is 7.50. The van der Waals surface area contributed by atoms with E-state index in [0.29, 0.717) is 27.3 Å². The molecule has 0 spiro atoms. The maximum Gasteiger partial charge on any atom is 0.247 e. The van der Waals surface area contributed by atoms with Crippen LogP contribution < -0.4 is 9.46 Å². The van der Waals surface area contributed by atoms with Crippen LogP contribution in [0.2, 0.25) is 5.02 Å². The number of rotatable bonds is 9. The summed E-state index contributed by atoms with van der Waals surface area (Å²) in [5.74, 6) is 0.453. The highest BCUT2D eigenvalue weighted by atomic mass is 35.5. The molecule has 3 N–H and O–H groups in total. The zero-order chi connectivity index (χ0) is 25.0. The molecule has 4 rings (SSSR count). The van der Waals surface area contributed by atoms with Crippen LogP contribution in [0.1, 0.15) is 28.6 Å². The van der Waals surface area contributed by atoms with Crippen LogP contribution in [0.25, 0.3) is 11.5 Å². The number of aliphatic hydroxyl groups excluding tert-OH is 2. The summed E-state index contributed by atoms with van der Waals surface area (Å²) in [4.78, 5) is -0.0176. The van der Waals surface area contributed by atoms with E-state index in [1.165, 1.54) is 31.4 Å². The molecule has 0 aliphatic carbocycles. The Bertz CT molecular complexity index is 1380. The molecule has 0 bridgehead atoms. The number of ether oxygens (including phenoxy) is 1. The smallest absolute Gasteiger partial charge is 0.247 e. The van der Waals surface area contributed by atoms with Crippen molar-refractivity contribution in [2.75, 3.05) is 7.11 Å². The third-order valence-corrected chi connectivity index (χ3v) is 7.00. The second kappa shape index (κ2) is 10.5. The molecule has 0 amide bonds. The Labute approximate surface area is 207 Å². The lowest BCUT2D eigenvalue weighted by atomic mass is 9.99. The quantitative estimate of drug-likeness (QED) is 0.308. The number of halogens is 1. The lowest BCUT2D eigenvalue weighted by molar-refractivity contribution is 0.253. The summed E-state index contributed by atoms with van der Waals surface area (Å²) in [6.07, 6.45) is 0. The SMILES string of the molecule is COc1cc(C(NS(=O)(=O)c2ccc(Cl)cc2)c2nnc(-c3ccccc3)o2)cc(CO)c1CO. The number of nitrogens with zero attached hydrogens (tertiary/aromatic N) is 2. The summed E-state index contributed by atoms with van der Waals surface area (Å²) in [5.41, 5.74) is 1.77. The minimum Gasteiger partial charge on any atom is -0.496 e. The lowest BCUT2D eigenvalue weighted by Gasteiger charge is -2.20. The van der Waals surface area contributed by atoms with Crippen LogP contribution in [0.15, 0.2) is 76.0 Å². The van der Waals surface area contributed by atoms with Gasteiger partial charge >= 0.3 is 0 Å². The minimum absolute atomic E-state index is 0.0176. The predicted octanol–water partition coefficient (Wildman–Crippen LogP) is 3.45. The van der Waals surface area contributed by atoms with Gasteiger partial charge in [-0.3, -0.25) is 0 Å². The van der Waals surface area contributed by atoms with Crippen LogP contribution in [0.5, 0.6) is 5.75 Å². The van der Waals surface area contributed by atoms with Gasteiger partial charge in [0.05, 0.1) is 25.2 Å². The molecule has 0 aliphatic rings. The average Bonchev–Trinajstić information content (AvgIpc) is 3.37. The van der Waals surface area contributed by atoms with Crippen molar-refractivity contribution in [3.05, 3.63) is 94.3 Å². The highest BCUT2D eigenvalue weighted by Gasteiger charge is 2.29. The molecule has 0 aliphatic heterocycles. The van der Waals surface area contributed by atoms with E-state index in [1.807, 2.05) is 18.2 Å². The van der Waals surface area contributed by atoms with E-state index in [0.717, 1.165) is 0 Å². The number of methoxy groups -OCH3 is 1. The Balaban J connectivity index is 1.83. The summed E-state index contributed by atoms with van der Waals surface area (Å²) in [6.45, 7) is -0.783. The molecule has 3 aromatic carbocycles. The number of hydrogen-bond donors (Lipinski definition) is 3. The molecule has 1 heterocycles. The molecule has 0 saturated carbocycles. The van der Waals surface area contributed by atoms with Gasteiger partial charge < -0.3 is 19.4 Å². The van der Waals surface area contributed by atoms with Crippen molar-refractivity contribution in [2.24, 2.45) is 0 Å². The van der Waals surface area contributed by atoms with Crippen LogP contribution in [0.4, 0.5) is 0 Å². The molecule has 35 heavy (non-hydrogen) atoms. The Kier molecular flexibility index (Phi) is 7.48. The maximum absolute atomic E-state index is 13.2. The van der Waals surface area contributed by atoms with E-state index in [4.69, 9.17) is 20.8 Å². The van der Waals surface area contributed by atoms with Crippen LogP contribution >= 0.6 is 11.6 Å². The van der Waals surface area contributed by atoms with Crippen molar-refractivity contribution in [3.63, 3.8) is 0 Å². The van der Waals surface area contributed by atoms with Crippen LogP contribution in [-0.2, 0) is 23.2 Å². The molecular formula is C24H22ClN3O6S. The third-order valence-electron chi connectivity index (χ3n) is 5.31. The standard InChI is InChI=1S/C24H22ClN3O6S/c1-33-21-12-16(11-17(13-29)20(21)14-30)22(28-35(31,32)19-9-7-18(25)8-10-19)24-27-26-23(34-24)15-5-3-2-4-6-15/h2-12,22,28-30H,13-14H2,1H3. The Morgan fingerprint density at radius 1 is 1.03 bits per heavy atom. The van der Waals surface area contributed by atoms with Gasteiger partial charge in [-0.05, 0) is 53.6 Å². The van der Waals surface area contributed by atoms with Gasteiger partial charge in [0.15, 0.2) is 0 Å². The van der Waals surface area contributed by atoms with Gasteiger partial charge in [0.2, 0.25) is 21.8 Å². The molecular weight excluding hydrogens is 494 g/mol. The fraction of sp³-hybridized carbons (Fsp3) is 0.167. The fourth-order valence-corrected chi connectivity index (χ4v) is 4.85. The van der Waals surface area contributed by atoms with Gasteiger partial charge in [-0.2, -0.15) is 4.72 Å². The van der Waals surface area contributed by atoms with E-state index in [-0.39, 0.29) is 29.0 Å². The molecule has 9 nitrogen and oxygen atoms in total. The summed E-state index contributed by atoms with van der Waals surface area (Å²) in [7, 11) is -2.66. The fourth-order valence-electron chi connectivity index (χ4n) is 3.54. The summed E-state index contributed by atoms with van der Waals surface area (Å²) < 4.78 is 40.3. The van der Waals surface area contributed by atoms with E-state index in [1.54, 1.807) is 24.3 Å². The van der Waals surface area contributed by atoms with E-state index in [2.05, 4.69) is 14.9 Å². The number of hydrogen-bond acceptors (Lipinski definition) is 8. The number of sulfonamides is 1. The summed E-state index contributed by atoms with van der Waals surface area (Å²) >= 11 is 5.91. The van der Waals surface area contributed by atoms with Gasteiger partial charge in [0, 0.05) is 16.1 Å². The predicted molar refractivity (Wildman–Crippen MR) is 128 cm³/mol. The topological polar surface area (TPSA) is 135 Å². The average molecular weight is 516 g/mol. The van der Waals surface area contributed by atoms with Gasteiger partial charge in [0.25, 0.3) is 0 Å². The van der Waals surface area contributed by atoms with Crippen LogP contribution in [0, 0.1) is 0 Å². The zero-order valence-corrected chi connectivity index (χ0v) is 20.1. The number of aliphatic hydroxyl groups is 2. The Morgan fingerprint density at radius 3 is 2.37 bits per heavy atom. The maximum atomic E-state index is 13.2. The molecule has 1 unspecified atom stereocenters. The highest BCUT2D eigenvalue weighted by Crippen LogP contribution is 2.33. The summed E-state index contributed by atoms with van der Waals surface area (Å²) in [6, 6.07) is 16.7. The molecule has 182 valence electrons. The first-order valence-electron chi connectivity index (χ1n) is 10.4. The van der Waals surface area contributed by atoms with Gasteiger partial charge in [-0.15, -0.1) is 10.2 Å². The summed E-state index contributed by atoms with van der Waals surface area (Å²) in [5, 5.41) is 28.2. The molecule has 0 fully saturated rings. The lowest BCUT2D eigenvalue weighted by Crippen LogP contribution is -2.30. The normalized spacial score (nSPS) is 12.5. The van der Waals surface area contributed by atoms with Gasteiger partial charge in [0.1, 0.15) is 11.8 Å². The van der Waals surface area contributed by atoms with Crippen molar-refractivity contribution >= 4 is 21.6 Å². The first-order chi connectivity index (χ1) is 16.9. The van der Waals surface area contributed by atoms with E-state index >= 15 is 0 Å². The molecule has 0 saturated heterocycles. The molecule has 1 atom stereocenters. The van der Waals surface area contributed by atoms with Crippen molar-refractivity contribution in [2.45, 2.75) is 24.2 Å². The molecule has 1 aromatic heterocycles. The van der Waals surface area contributed by atoms with Crippen molar-refractivity contribution < 1.29 is 27.8 Å². The van der Waals surface area contributed by atoms with Gasteiger partial charge in [-0.1, -0.05) is 35.9 Å². The first-order valence-corrected chi connectivity index (χ1v) is 12.3. The number of nitrogens with one attached hydrogen (secondary N) is 1. The Morgan fingerprint density at radius 2 is 1.74 bits per heavy atom. The molecule has 0 radical (unpaired) electrons. The highest BCUT2D eigenvalue weighted by molar-refractivity contribution is 7.89. The Hall–Kier alpha value is -3.28. The third kappa shape index (κ3) is 5.37. The minimum atomic E-state index is -4.07. The second-order valence-corrected chi connectivity index (χ2v) is 9.65. The van der Waals surface area contributed by atoms with E-state index in [9.17, 15) is 18.6 Å². The van der Waals surface area contributed by atoms with E-state index < -0.39 is 22.7 Å². The van der Waals surface area contributed by atoms with Crippen molar-refractivity contribution in [1.29, 1.82) is 0 Å². The van der Waals surface area contributed by atoms with Crippen LogP contribution in [0.3, 0.4) is 0 Å². The first kappa shape index (κ1) is 24.8.